The first-order valence-electron chi connectivity index (χ1n) is 9.96. The highest BCUT2D eigenvalue weighted by molar-refractivity contribution is 7.15. The maximum absolute atomic E-state index is 13.2. The molecule has 0 saturated carbocycles. The SMILES string of the molecule is COc1ccc(OCC(=O)Nc2nc3scc(-c4ccc(F)cc4)n3n2)c(C(C)(C)C)c1. The van der Waals surface area contributed by atoms with Crippen LogP contribution in [0.4, 0.5) is 10.3 Å². The van der Waals surface area contributed by atoms with Gasteiger partial charge in [0.05, 0.1) is 12.8 Å². The van der Waals surface area contributed by atoms with Crippen molar-refractivity contribution in [3.8, 4) is 22.8 Å². The summed E-state index contributed by atoms with van der Waals surface area (Å²) in [5.41, 5.74) is 2.32. The summed E-state index contributed by atoms with van der Waals surface area (Å²) in [6, 6.07) is 11.6. The van der Waals surface area contributed by atoms with Crippen molar-refractivity contribution in [1.82, 2.24) is 14.6 Å². The van der Waals surface area contributed by atoms with Crippen LogP contribution in [0.2, 0.25) is 0 Å². The molecule has 1 N–H and O–H groups in total. The summed E-state index contributed by atoms with van der Waals surface area (Å²) in [7, 11) is 1.61. The number of benzene rings is 2. The van der Waals surface area contributed by atoms with Crippen LogP contribution >= 0.6 is 11.3 Å². The van der Waals surface area contributed by atoms with Crippen molar-refractivity contribution >= 4 is 28.2 Å². The van der Waals surface area contributed by atoms with Gasteiger partial charge in [-0.3, -0.25) is 10.1 Å². The molecule has 0 aliphatic rings. The lowest BCUT2D eigenvalue weighted by molar-refractivity contribution is -0.118. The number of halogens is 1. The third kappa shape index (κ3) is 4.57. The number of thiazole rings is 1. The van der Waals surface area contributed by atoms with E-state index in [1.165, 1.54) is 23.5 Å². The number of carbonyl (C=O) groups is 1. The Hall–Kier alpha value is -3.46. The molecule has 4 rings (SSSR count). The van der Waals surface area contributed by atoms with Crippen LogP contribution in [0.5, 0.6) is 11.5 Å². The molecule has 2 aromatic carbocycles. The highest BCUT2D eigenvalue weighted by Crippen LogP contribution is 2.34. The number of carbonyl (C=O) groups excluding carboxylic acids is 1. The Bertz CT molecular complexity index is 1260. The van der Waals surface area contributed by atoms with Crippen LogP contribution in [-0.2, 0) is 10.2 Å². The highest BCUT2D eigenvalue weighted by Gasteiger charge is 2.21. The number of hydrogen-bond donors (Lipinski definition) is 1. The van der Waals surface area contributed by atoms with Crippen molar-refractivity contribution in [1.29, 1.82) is 0 Å². The highest BCUT2D eigenvalue weighted by atomic mass is 32.1. The van der Waals surface area contributed by atoms with Gasteiger partial charge in [-0.2, -0.15) is 4.98 Å². The summed E-state index contributed by atoms with van der Waals surface area (Å²) in [4.78, 5) is 17.4. The summed E-state index contributed by atoms with van der Waals surface area (Å²) in [5, 5.41) is 8.92. The van der Waals surface area contributed by atoms with Gasteiger partial charge in [-0.25, -0.2) is 8.91 Å². The average Bonchev–Trinajstić information content (AvgIpc) is 3.32. The first-order valence-corrected chi connectivity index (χ1v) is 10.8. The molecular weight excluding hydrogens is 431 g/mol. The van der Waals surface area contributed by atoms with Gasteiger partial charge in [-0.15, -0.1) is 16.4 Å². The van der Waals surface area contributed by atoms with Gasteiger partial charge < -0.3 is 9.47 Å². The van der Waals surface area contributed by atoms with E-state index >= 15 is 0 Å². The second-order valence-electron chi connectivity index (χ2n) is 8.21. The van der Waals surface area contributed by atoms with Crippen molar-refractivity contribution in [3.63, 3.8) is 0 Å². The molecule has 166 valence electrons. The number of anilines is 1. The van der Waals surface area contributed by atoms with E-state index in [4.69, 9.17) is 9.47 Å². The second-order valence-corrected chi connectivity index (χ2v) is 9.04. The van der Waals surface area contributed by atoms with Gasteiger partial charge in [-0.1, -0.05) is 20.8 Å². The zero-order valence-electron chi connectivity index (χ0n) is 18.2. The van der Waals surface area contributed by atoms with Gasteiger partial charge in [-0.05, 0) is 47.9 Å². The Balaban J connectivity index is 1.47. The Morgan fingerprint density at radius 1 is 1.19 bits per heavy atom. The van der Waals surface area contributed by atoms with Gasteiger partial charge in [0.2, 0.25) is 4.96 Å². The molecule has 9 heteroatoms. The Morgan fingerprint density at radius 3 is 2.62 bits per heavy atom. The van der Waals surface area contributed by atoms with E-state index in [1.807, 2.05) is 11.4 Å². The molecule has 32 heavy (non-hydrogen) atoms. The number of aromatic nitrogens is 3. The molecule has 0 aliphatic heterocycles. The molecule has 1 amide bonds. The average molecular weight is 455 g/mol. The third-order valence-electron chi connectivity index (χ3n) is 4.83. The van der Waals surface area contributed by atoms with Gasteiger partial charge in [0.25, 0.3) is 11.9 Å². The Morgan fingerprint density at radius 2 is 1.94 bits per heavy atom. The van der Waals surface area contributed by atoms with Crippen LogP contribution in [0.3, 0.4) is 0 Å². The molecule has 2 aromatic heterocycles. The number of fused-ring (bicyclic) bond motifs is 1. The number of nitrogens with zero attached hydrogens (tertiary/aromatic N) is 3. The smallest absolute Gasteiger partial charge is 0.264 e. The maximum Gasteiger partial charge on any atom is 0.264 e. The van der Waals surface area contributed by atoms with E-state index in [0.29, 0.717) is 10.7 Å². The number of rotatable bonds is 6. The Kier molecular flexibility index (Phi) is 5.84. The van der Waals surface area contributed by atoms with Crippen molar-refractivity contribution in [2.45, 2.75) is 26.2 Å². The fraction of sp³-hybridized carbons (Fsp3) is 0.261. The zero-order valence-corrected chi connectivity index (χ0v) is 19.0. The summed E-state index contributed by atoms with van der Waals surface area (Å²) in [5.74, 6) is 0.844. The van der Waals surface area contributed by atoms with Crippen LogP contribution in [-0.4, -0.2) is 34.2 Å². The molecular formula is C23H23FN4O3S. The molecule has 2 heterocycles. The summed E-state index contributed by atoms with van der Waals surface area (Å²) in [6.45, 7) is 6.01. The minimum atomic E-state index is -0.373. The largest absolute Gasteiger partial charge is 0.497 e. The van der Waals surface area contributed by atoms with Gasteiger partial charge in [0.1, 0.15) is 17.3 Å². The number of hydrogen-bond acceptors (Lipinski definition) is 6. The molecule has 0 saturated heterocycles. The first-order chi connectivity index (χ1) is 15.2. The Labute approximate surface area is 188 Å². The van der Waals surface area contributed by atoms with Gasteiger partial charge in [0.15, 0.2) is 6.61 Å². The van der Waals surface area contributed by atoms with Crippen molar-refractivity contribution in [2.75, 3.05) is 19.0 Å². The fourth-order valence-corrected chi connectivity index (χ4v) is 4.04. The lowest BCUT2D eigenvalue weighted by Crippen LogP contribution is -2.22. The number of methoxy groups -OCH3 is 1. The van der Waals surface area contributed by atoms with Crippen LogP contribution in [0.1, 0.15) is 26.3 Å². The predicted molar refractivity (Wildman–Crippen MR) is 122 cm³/mol. The van der Waals surface area contributed by atoms with Crippen molar-refractivity contribution in [3.05, 3.63) is 59.2 Å². The monoisotopic (exact) mass is 454 g/mol. The number of ether oxygens (including phenoxy) is 2. The van der Waals surface area contributed by atoms with E-state index in [-0.39, 0.29) is 29.7 Å². The first kappa shape index (κ1) is 21.8. The fourth-order valence-electron chi connectivity index (χ4n) is 3.21. The van der Waals surface area contributed by atoms with Gasteiger partial charge in [0, 0.05) is 16.5 Å². The van der Waals surface area contributed by atoms with E-state index in [9.17, 15) is 9.18 Å². The molecule has 0 spiro atoms. The maximum atomic E-state index is 13.2. The van der Waals surface area contributed by atoms with Crippen LogP contribution in [0.25, 0.3) is 16.2 Å². The van der Waals surface area contributed by atoms with E-state index in [1.54, 1.807) is 35.9 Å². The molecule has 7 nitrogen and oxygen atoms in total. The standard InChI is InChI=1S/C23H23FN4O3S/c1-23(2,3)17-11-16(30-4)9-10-19(17)31-12-20(29)25-21-26-22-28(27-21)18(13-32-22)14-5-7-15(24)8-6-14/h5-11,13H,12H2,1-4H3,(H,25,27,29). The van der Waals surface area contributed by atoms with Crippen LogP contribution in [0, 0.1) is 5.82 Å². The summed E-state index contributed by atoms with van der Waals surface area (Å²) in [6.07, 6.45) is 0. The van der Waals surface area contributed by atoms with Crippen LogP contribution in [0.15, 0.2) is 47.8 Å². The van der Waals surface area contributed by atoms with Crippen molar-refractivity contribution in [2.24, 2.45) is 0 Å². The van der Waals surface area contributed by atoms with Crippen molar-refractivity contribution < 1.29 is 18.7 Å². The van der Waals surface area contributed by atoms with Gasteiger partial charge >= 0.3 is 0 Å². The molecule has 0 fully saturated rings. The number of nitrogens with one attached hydrogen (secondary N) is 1. The third-order valence-corrected chi connectivity index (χ3v) is 5.64. The van der Waals surface area contributed by atoms with E-state index < -0.39 is 0 Å². The lowest BCUT2D eigenvalue weighted by Gasteiger charge is -2.23. The zero-order chi connectivity index (χ0) is 22.9. The quantitative estimate of drug-likeness (QED) is 0.447. The summed E-state index contributed by atoms with van der Waals surface area (Å²) >= 11 is 1.38. The normalized spacial score (nSPS) is 11.5. The summed E-state index contributed by atoms with van der Waals surface area (Å²) < 4.78 is 25.9. The molecule has 0 unspecified atom stereocenters. The topological polar surface area (TPSA) is 77.8 Å². The van der Waals surface area contributed by atoms with E-state index in [0.717, 1.165) is 22.6 Å². The number of amides is 1. The molecule has 0 bridgehead atoms. The minimum absolute atomic E-state index is 0.180. The minimum Gasteiger partial charge on any atom is -0.497 e. The lowest BCUT2D eigenvalue weighted by atomic mass is 9.86. The molecule has 0 aliphatic carbocycles. The molecule has 0 radical (unpaired) electrons. The van der Waals surface area contributed by atoms with Crippen LogP contribution < -0.4 is 14.8 Å². The van der Waals surface area contributed by atoms with E-state index in [2.05, 4.69) is 36.2 Å². The molecule has 4 aromatic rings. The molecule has 0 atom stereocenters. The predicted octanol–water partition coefficient (Wildman–Crippen LogP) is 4.92. The second kappa shape index (κ2) is 8.58.